The maximum absolute atomic E-state index is 12.6. The molecule has 0 radical (unpaired) electrons. The van der Waals surface area contributed by atoms with Crippen molar-refractivity contribution < 1.29 is 9.13 Å². The molecule has 1 aromatic heterocycles. The minimum Gasteiger partial charge on any atom is -0.489 e. The Balaban J connectivity index is 2.07. The second kappa shape index (κ2) is 3.50. The van der Waals surface area contributed by atoms with Crippen molar-refractivity contribution in [2.45, 2.75) is 25.4 Å². The quantitative estimate of drug-likeness (QED) is 0.687. The largest absolute Gasteiger partial charge is 0.489 e. The topological polar surface area (TPSA) is 22.1 Å². The van der Waals surface area contributed by atoms with Gasteiger partial charge in [0.2, 0.25) is 5.95 Å². The third-order valence-corrected chi connectivity index (χ3v) is 2.39. The summed E-state index contributed by atoms with van der Waals surface area (Å²) in [5.41, 5.74) is 0. The highest BCUT2D eigenvalue weighted by molar-refractivity contribution is 6.30. The third-order valence-electron chi connectivity index (χ3n) is 2.13. The summed E-state index contributed by atoms with van der Waals surface area (Å²) in [5, 5.41) is 0.0109. The Hall–Kier alpha value is -0.830. The van der Waals surface area contributed by atoms with E-state index in [1.165, 1.54) is 18.7 Å². The molecule has 1 fully saturated rings. The van der Waals surface area contributed by atoms with Crippen LogP contribution in [0.2, 0.25) is 5.02 Å². The molecule has 1 heterocycles. The van der Waals surface area contributed by atoms with E-state index in [2.05, 4.69) is 4.98 Å². The monoisotopic (exact) mass is 201 g/mol. The van der Waals surface area contributed by atoms with Gasteiger partial charge in [-0.15, -0.1) is 0 Å². The van der Waals surface area contributed by atoms with Gasteiger partial charge in [-0.3, -0.25) is 0 Å². The summed E-state index contributed by atoms with van der Waals surface area (Å²) in [6, 6.07) is 1.46. The average molecular weight is 202 g/mol. The van der Waals surface area contributed by atoms with Crippen LogP contribution in [-0.2, 0) is 0 Å². The molecule has 0 unspecified atom stereocenters. The molecule has 2 rings (SSSR count). The number of pyridine rings is 1. The molecular weight excluding hydrogens is 193 g/mol. The van der Waals surface area contributed by atoms with Crippen LogP contribution in [0.3, 0.4) is 0 Å². The molecule has 4 heteroatoms. The first-order valence-corrected chi connectivity index (χ1v) is 4.61. The number of ether oxygens (including phenoxy) is 1. The Bertz CT molecular complexity index is 314. The summed E-state index contributed by atoms with van der Waals surface area (Å²) < 4.78 is 18.1. The van der Waals surface area contributed by atoms with Gasteiger partial charge in [0.15, 0.2) is 0 Å². The van der Waals surface area contributed by atoms with Crippen LogP contribution in [0.1, 0.15) is 19.3 Å². The summed E-state index contributed by atoms with van der Waals surface area (Å²) in [4.78, 5) is 3.47. The van der Waals surface area contributed by atoms with Crippen LogP contribution in [0.25, 0.3) is 0 Å². The Kier molecular flexibility index (Phi) is 2.36. The van der Waals surface area contributed by atoms with E-state index >= 15 is 0 Å². The normalized spacial score (nSPS) is 16.8. The lowest BCUT2D eigenvalue weighted by atomic mass is 9.96. The Morgan fingerprint density at radius 3 is 2.85 bits per heavy atom. The summed E-state index contributed by atoms with van der Waals surface area (Å²) in [7, 11) is 0. The van der Waals surface area contributed by atoms with E-state index in [-0.39, 0.29) is 11.1 Å². The minimum absolute atomic E-state index is 0.0109. The van der Waals surface area contributed by atoms with Crippen molar-refractivity contribution in [2.24, 2.45) is 0 Å². The first-order chi connectivity index (χ1) is 6.25. The number of hydrogen-bond donors (Lipinski definition) is 0. The maximum Gasteiger partial charge on any atom is 0.231 e. The van der Waals surface area contributed by atoms with E-state index in [9.17, 15) is 4.39 Å². The predicted octanol–water partition coefficient (Wildman–Crippen LogP) is 2.81. The molecule has 0 bridgehead atoms. The van der Waals surface area contributed by atoms with E-state index in [1.807, 2.05) is 0 Å². The molecule has 2 nitrogen and oxygen atoms in total. The maximum atomic E-state index is 12.6. The fourth-order valence-corrected chi connectivity index (χ4v) is 1.31. The Morgan fingerprint density at radius 1 is 1.54 bits per heavy atom. The van der Waals surface area contributed by atoms with Crippen LogP contribution < -0.4 is 4.74 Å². The predicted molar refractivity (Wildman–Crippen MR) is 47.5 cm³/mol. The van der Waals surface area contributed by atoms with Crippen molar-refractivity contribution in [3.05, 3.63) is 23.2 Å². The lowest BCUT2D eigenvalue weighted by Gasteiger charge is -2.26. The summed E-state index contributed by atoms with van der Waals surface area (Å²) >= 11 is 5.54. The smallest absolute Gasteiger partial charge is 0.231 e. The third kappa shape index (κ3) is 1.91. The van der Waals surface area contributed by atoms with Gasteiger partial charge >= 0.3 is 0 Å². The van der Waals surface area contributed by atoms with Gasteiger partial charge in [-0.2, -0.15) is 4.39 Å². The lowest BCUT2D eigenvalue weighted by molar-refractivity contribution is 0.119. The molecule has 0 spiro atoms. The molecule has 0 aromatic carbocycles. The van der Waals surface area contributed by atoms with Crippen LogP contribution in [-0.4, -0.2) is 11.1 Å². The molecule has 1 aromatic rings. The highest BCUT2D eigenvalue weighted by atomic mass is 35.5. The molecular formula is C9H9ClFNO. The van der Waals surface area contributed by atoms with Crippen LogP contribution in [0.15, 0.2) is 12.3 Å². The number of hydrogen-bond acceptors (Lipinski definition) is 2. The number of halogens is 2. The first-order valence-electron chi connectivity index (χ1n) is 4.23. The van der Waals surface area contributed by atoms with Gasteiger partial charge < -0.3 is 4.74 Å². The number of rotatable bonds is 2. The zero-order valence-electron chi connectivity index (χ0n) is 6.96. The van der Waals surface area contributed by atoms with E-state index in [0.717, 1.165) is 12.8 Å². The summed E-state index contributed by atoms with van der Waals surface area (Å²) in [5.74, 6) is -0.0984. The SMILES string of the molecule is Fc1ncc(OC2CCC2)cc1Cl. The van der Waals surface area contributed by atoms with E-state index in [1.54, 1.807) is 0 Å². The van der Waals surface area contributed by atoms with Crippen LogP contribution in [0, 0.1) is 5.95 Å². The van der Waals surface area contributed by atoms with Gasteiger partial charge in [-0.1, -0.05) is 11.6 Å². The second-order valence-corrected chi connectivity index (χ2v) is 3.52. The van der Waals surface area contributed by atoms with Gasteiger partial charge in [-0.05, 0) is 19.3 Å². The van der Waals surface area contributed by atoms with Crippen molar-refractivity contribution in [1.29, 1.82) is 0 Å². The van der Waals surface area contributed by atoms with Gasteiger partial charge in [0.25, 0.3) is 0 Å². The Morgan fingerprint density at radius 2 is 2.31 bits per heavy atom. The molecule has 1 saturated carbocycles. The highest BCUT2D eigenvalue weighted by Crippen LogP contribution is 2.26. The Labute approximate surface area is 80.7 Å². The molecule has 0 N–H and O–H groups in total. The molecule has 70 valence electrons. The van der Waals surface area contributed by atoms with Crippen molar-refractivity contribution in [3.8, 4) is 5.75 Å². The van der Waals surface area contributed by atoms with E-state index in [4.69, 9.17) is 16.3 Å². The highest BCUT2D eigenvalue weighted by Gasteiger charge is 2.19. The second-order valence-electron chi connectivity index (χ2n) is 3.11. The molecule has 1 aliphatic rings. The summed E-state index contributed by atoms with van der Waals surface area (Å²) in [6.45, 7) is 0. The van der Waals surface area contributed by atoms with Crippen molar-refractivity contribution in [1.82, 2.24) is 4.98 Å². The lowest BCUT2D eigenvalue weighted by Crippen LogP contribution is -2.24. The first kappa shape index (κ1) is 8.75. The standard InChI is InChI=1S/C9H9ClFNO/c10-8-4-7(5-12-9(8)11)13-6-2-1-3-6/h4-6H,1-3H2. The molecule has 0 atom stereocenters. The fourth-order valence-electron chi connectivity index (χ4n) is 1.15. The number of aromatic nitrogens is 1. The van der Waals surface area contributed by atoms with Gasteiger partial charge in [0, 0.05) is 6.07 Å². The molecule has 1 aliphatic carbocycles. The minimum atomic E-state index is -0.650. The number of nitrogens with zero attached hydrogens (tertiary/aromatic N) is 1. The van der Waals surface area contributed by atoms with Crippen molar-refractivity contribution in [3.63, 3.8) is 0 Å². The fraction of sp³-hybridized carbons (Fsp3) is 0.444. The zero-order chi connectivity index (χ0) is 9.26. The van der Waals surface area contributed by atoms with Crippen LogP contribution >= 0.6 is 11.6 Å². The van der Waals surface area contributed by atoms with Crippen molar-refractivity contribution >= 4 is 11.6 Å². The molecule has 0 amide bonds. The van der Waals surface area contributed by atoms with Crippen LogP contribution in [0.4, 0.5) is 4.39 Å². The van der Waals surface area contributed by atoms with Gasteiger partial charge in [0.05, 0.1) is 17.3 Å². The van der Waals surface area contributed by atoms with E-state index < -0.39 is 5.95 Å². The van der Waals surface area contributed by atoms with E-state index in [0.29, 0.717) is 5.75 Å². The van der Waals surface area contributed by atoms with Crippen molar-refractivity contribution in [2.75, 3.05) is 0 Å². The van der Waals surface area contributed by atoms with Gasteiger partial charge in [-0.25, -0.2) is 4.98 Å². The zero-order valence-corrected chi connectivity index (χ0v) is 7.72. The molecule has 0 aliphatic heterocycles. The molecule has 13 heavy (non-hydrogen) atoms. The summed E-state index contributed by atoms with van der Waals surface area (Å²) in [6.07, 6.45) is 4.96. The molecule has 0 saturated heterocycles. The van der Waals surface area contributed by atoms with Gasteiger partial charge in [0.1, 0.15) is 5.75 Å². The average Bonchev–Trinajstić information content (AvgIpc) is 2.04. The van der Waals surface area contributed by atoms with Crippen LogP contribution in [0.5, 0.6) is 5.75 Å².